The van der Waals surface area contributed by atoms with Gasteiger partial charge in [0, 0.05) is 4.47 Å². The largest absolute Gasteiger partial charge is 0.330 e. The molecule has 1 rings (SSSR count). The molecule has 0 bridgehead atoms. The first kappa shape index (κ1) is 10.4. The molecule has 70 valence electrons. The van der Waals surface area contributed by atoms with E-state index < -0.39 is 0 Å². The Morgan fingerprint density at radius 2 is 2.23 bits per heavy atom. The lowest BCUT2D eigenvalue weighted by atomic mass is 10.0. The molecule has 2 N–H and O–H groups in total. The number of benzene rings is 1. The van der Waals surface area contributed by atoms with Crippen LogP contribution in [0.2, 0.25) is 0 Å². The summed E-state index contributed by atoms with van der Waals surface area (Å²) in [7, 11) is 0. The third-order valence-electron chi connectivity index (χ3n) is 1.76. The van der Waals surface area contributed by atoms with Crippen molar-refractivity contribution in [3.05, 3.63) is 40.6 Å². The van der Waals surface area contributed by atoms with Crippen LogP contribution in [-0.4, -0.2) is 6.54 Å². The van der Waals surface area contributed by atoms with Crippen LogP contribution in [0.5, 0.6) is 0 Å². The van der Waals surface area contributed by atoms with Crippen LogP contribution >= 0.6 is 15.9 Å². The molecular weight excluding hydrogens is 233 g/mol. The minimum absolute atomic E-state index is 0.253. The lowest BCUT2D eigenvalue weighted by Crippen LogP contribution is -1.99. The molecule has 0 aliphatic rings. The fraction of sp³-hybridized carbons (Fsp3) is 0.200. The first-order valence-electron chi connectivity index (χ1n) is 3.98. The van der Waals surface area contributed by atoms with Gasteiger partial charge in [0.1, 0.15) is 5.82 Å². The van der Waals surface area contributed by atoms with E-state index in [1.54, 1.807) is 6.07 Å². The summed E-state index contributed by atoms with van der Waals surface area (Å²) >= 11 is 3.33. The van der Waals surface area contributed by atoms with Crippen molar-refractivity contribution in [2.24, 2.45) is 5.73 Å². The zero-order chi connectivity index (χ0) is 9.84. The number of halogens is 2. The molecule has 1 aromatic rings. The normalized spacial score (nSPS) is 10.1. The van der Waals surface area contributed by atoms with E-state index in [2.05, 4.69) is 22.5 Å². The number of hydrogen-bond acceptors (Lipinski definition) is 1. The highest BCUT2D eigenvalue weighted by molar-refractivity contribution is 9.10. The Balaban J connectivity index is 2.99. The lowest BCUT2D eigenvalue weighted by Gasteiger charge is -2.06. The van der Waals surface area contributed by atoms with E-state index in [0.717, 1.165) is 15.6 Å². The van der Waals surface area contributed by atoms with Crippen molar-refractivity contribution in [2.45, 2.75) is 6.42 Å². The molecule has 0 heterocycles. The summed E-state index contributed by atoms with van der Waals surface area (Å²) in [5.41, 5.74) is 7.04. The molecule has 0 spiro atoms. The fourth-order valence-corrected chi connectivity index (χ4v) is 1.60. The van der Waals surface area contributed by atoms with Gasteiger partial charge in [0.25, 0.3) is 0 Å². The molecule has 1 nitrogen and oxygen atoms in total. The van der Waals surface area contributed by atoms with Gasteiger partial charge < -0.3 is 5.73 Å². The van der Waals surface area contributed by atoms with E-state index in [4.69, 9.17) is 5.73 Å². The summed E-state index contributed by atoms with van der Waals surface area (Å²) < 4.78 is 13.7. The molecule has 0 saturated heterocycles. The smallest absolute Gasteiger partial charge is 0.123 e. The van der Waals surface area contributed by atoms with Crippen molar-refractivity contribution in [2.75, 3.05) is 6.54 Å². The molecule has 0 amide bonds. The van der Waals surface area contributed by atoms with Crippen molar-refractivity contribution >= 4 is 21.5 Å². The maximum atomic E-state index is 12.9. The summed E-state index contributed by atoms with van der Waals surface area (Å²) in [6.07, 6.45) is 0.683. The van der Waals surface area contributed by atoms with Gasteiger partial charge in [0.15, 0.2) is 0 Å². The Labute approximate surface area is 85.6 Å². The highest BCUT2D eigenvalue weighted by atomic mass is 79.9. The van der Waals surface area contributed by atoms with E-state index in [0.29, 0.717) is 13.0 Å². The summed E-state index contributed by atoms with van der Waals surface area (Å²) in [6.45, 7) is 4.37. The van der Waals surface area contributed by atoms with Gasteiger partial charge in [0.05, 0.1) is 0 Å². The van der Waals surface area contributed by atoms with Gasteiger partial charge in [-0.15, -0.1) is 0 Å². The fourth-order valence-electron chi connectivity index (χ4n) is 1.08. The van der Waals surface area contributed by atoms with E-state index in [9.17, 15) is 4.39 Å². The third kappa shape index (κ3) is 2.64. The Kier molecular flexibility index (Phi) is 3.63. The van der Waals surface area contributed by atoms with Crippen molar-refractivity contribution in [1.29, 1.82) is 0 Å². The second-order valence-electron chi connectivity index (χ2n) is 2.77. The second kappa shape index (κ2) is 4.53. The van der Waals surface area contributed by atoms with Crippen molar-refractivity contribution in [3.8, 4) is 0 Å². The Morgan fingerprint density at radius 1 is 1.54 bits per heavy atom. The van der Waals surface area contributed by atoms with Crippen molar-refractivity contribution in [1.82, 2.24) is 0 Å². The van der Waals surface area contributed by atoms with Gasteiger partial charge >= 0.3 is 0 Å². The van der Waals surface area contributed by atoms with Crippen LogP contribution in [0, 0.1) is 5.82 Å². The van der Waals surface area contributed by atoms with Gasteiger partial charge in [-0.2, -0.15) is 0 Å². The van der Waals surface area contributed by atoms with Gasteiger partial charge in [-0.3, -0.25) is 0 Å². The van der Waals surface area contributed by atoms with Crippen LogP contribution in [0.15, 0.2) is 29.3 Å². The molecule has 0 aliphatic heterocycles. The molecule has 13 heavy (non-hydrogen) atoms. The highest BCUT2D eigenvalue weighted by Gasteiger charge is 2.04. The van der Waals surface area contributed by atoms with E-state index >= 15 is 0 Å². The molecule has 1 aromatic carbocycles. The minimum atomic E-state index is -0.253. The molecule has 0 fully saturated rings. The third-order valence-corrected chi connectivity index (χ3v) is 2.45. The predicted molar refractivity (Wildman–Crippen MR) is 56.8 cm³/mol. The second-order valence-corrected chi connectivity index (χ2v) is 3.62. The Bertz CT molecular complexity index is 323. The van der Waals surface area contributed by atoms with Crippen LogP contribution < -0.4 is 5.73 Å². The standard InChI is InChI=1S/C10H11BrFN/c1-7(4-5-13)9-6-8(12)2-3-10(9)11/h2-3,6H,1,4-5,13H2. The summed E-state index contributed by atoms with van der Waals surface area (Å²) in [4.78, 5) is 0. The number of nitrogens with two attached hydrogens (primary N) is 1. The SMILES string of the molecule is C=C(CCN)c1cc(F)ccc1Br. The summed E-state index contributed by atoms with van der Waals surface area (Å²) in [6, 6.07) is 4.54. The number of hydrogen-bond donors (Lipinski definition) is 1. The molecular formula is C10H11BrFN. The molecule has 0 unspecified atom stereocenters. The summed E-state index contributed by atoms with van der Waals surface area (Å²) in [5, 5.41) is 0. The maximum Gasteiger partial charge on any atom is 0.123 e. The van der Waals surface area contributed by atoms with E-state index in [1.807, 2.05) is 0 Å². The first-order chi connectivity index (χ1) is 6.15. The number of rotatable bonds is 3. The van der Waals surface area contributed by atoms with Crippen molar-refractivity contribution < 1.29 is 4.39 Å². The average molecular weight is 244 g/mol. The Hall–Kier alpha value is -0.670. The molecule has 0 atom stereocenters. The van der Waals surface area contributed by atoms with E-state index in [-0.39, 0.29) is 5.82 Å². The molecule has 0 radical (unpaired) electrons. The maximum absolute atomic E-state index is 12.9. The van der Waals surface area contributed by atoms with Gasteiger partial charge in [-0.1, -0.05) is 22.5 Å². The average Bonchev–Trinajstić information content (AvgIpc) is 2.09. The molecule has 0 saturated carbocycles. The van der Waals surface area contributed by atoms with E-state index in [1.165, 1.54) is 12.1 Å². The zero-order valence-electron chi connectivity index (χ0n) is 7.19. The molecule has 0 aliphatic carbocycles. The highest BCUT2D eigenvalue weighted by Crippen LogP contribution is 2.25. The topological polar surface area (TPSA) is 26.0 Å². The quantitative estimate of drug-likeness (QED) is 0.869. The van der Waals surface area contributed by atoms with Crippen LogP contribution in [-0.2, 0) is 0 Å². The van der Waals surface area contributed by atoms with Crippen LogP contribution in [0.3, 0.4) is 0 Å². The van der Waals surface area contributed by atoms with Gasteiger partial charge in [0.2, 0.25) is 0 Å². The van der Waals surface area contributed by atoms with Gasteiger partial charge in [-0.25, -0.2) is 4.39 Å². The molecule has 0 aromatic heterocycles. The van der Waals surface area contributed by atoms with Crippen LogP contribution in [0.1, 0.15) is 12.0 Å². The van der Waals surface area contributed by atoms with Gasteiger partial charge in [-0.05, 0) is 42.3 Å². The monoisotopic (exact) mass is 243 g/mol. The minimum Gasteiger partial charge on any atom is -0.330 e. The summed E-state index contributed by atoms with van der Waals surface area (Å²) in [5.74, 6) is -0.253. The molecule has 3 heteroatoms. The zero-order valence-corrected chi connectivity index (χ0v) is 8.77. The Morgan fingerprint density at radius 3 is 2.85 bits per heavy atom. The first-order valence-corrected chi connectivity index (χ1v) is 4.77. The van der Waals surface area contributed by atoms with Crippen LogP contribution in [0.4, 0.5) is 4.39 Å². The predicted octanol–water partition coefficient (Wildman–Crippen LogP) is 2.95. The van der Waals surface area contributed by atoms with Crippen molar-refractivity contribution in [3.63, 3.8) is 0 Å². The lowest BCUT2D eigenvalue weighted by molar-refractivity contribution is 0.627. The van der Waals surface area contributed by atoms with Crippen LogP contribution in [0.25, 0.3) is 5.57 Å².